The third kappa shape index (κ3) is 2.86. The standard InChI is InChI=1S/C26H24N6/c1-16-12-21(22-15-28-31(5)25(22)20-9-7-6-8-19(20)14-27)24-23(13-16)30(4)26(29-24)32-17(2)10-11-18(32)3/h6-13,15H,1-5H3. The highest BCUT2D eigenvalue weighted by Crippen LogP contribution is 2.38. The molecule has 2 aromatic carbocycles. The highest BCUT2D eigenvalue weighted by molar-refractivity contribution is 5.98. The molecule has 0 radical (unpaired) electrons. The van der Waals surface area contributed by atoms with Crippen molar-refractivity contribution in [2.24, 2.45) is 14.1 Å². The molecule has 0 aliphatic carbocycles. The van der Waals surface area contributed by atoms with E-state index in [9.17, 15) is 5.26 Å². The van der Waals surface area contributed by atoms with Gasteiger partial charge >= 0.3 is 0 Å². The van der Waals surface area contributed by atoms with Crippen LogP contribution >= 0.6 is 0 Å². The maximum absolute atomic E-state index is 9.68. The van der Waals surface area contributed by atoms with Crippen LogP contribution in [-0.4, -0.2) is 23.9 Å². The highest BCUT2D eigenvalue weighted by atomic mass is 15.3. The van der Waals surface area contributed by atoms with E-state index in [2.05, 4.69) is 72.4 Å². The topological polar surface area (TPSA) is 64.4 Å². The van der Waals surface area contributed by atoms with Gasteiger partial charge in [-0.1, -0.05) is 18.2 Å². The van der Waals surface area contributed by atoms with Crippen LogP contribution in [0, 0.1) is 32.1 Å². The number of benzene rings is 2. The lowest BCUT2D eigenvalue weighted by atomic mass is 9.96. The molecule has 6 nitrogen and oxygen atoms in total. The molecule has 0 aliphatic heterocycles. The van der Waals surface area contributed by atoms with Gasteiger partial charge in [-0.2, -0.15) is 10.4 Å². The fourth-order valence-corrected chi connectivity index (χ4v) is 4.55. The predicted octanol–water partition coefficient (Wildman–Crippen LogP) is 5.23. The Morgan fingerprint density at radius 1 is 0.875 bits per heavy atom. The minimum atomic E-state index is 0.626. The van der Waals surface area contributed by atoms with E-state index in [0.29, 0.717) is 5.56 Å². The lowest BCUT2D eigenvalue weighted by Crippen LogP contribution is -2.06. The molecule has 3 heterocycles. The van der Waals surface area contributed by atoms with Crippen LogP contribution in [0.4, 0.5) is 0 Å². The summed E-state index contributed by atoms with van der Waals surface area (Å²) < 4.78 is 6.16. The summed E-state index contributed by atoms with van der Waals surface area (Å²) in [6.45, 7) is 6.29. The van der Waals surface area contributed by atoms with Crippen molar-refractivity contribution in [3.05, 3.63) is 77.2 Å². The number of hydrogen-bond donors (Lipinski definition) is 0. The Bertz CT molecular complexity index is 1520. The molecule has 6 heteroatoms. The van der Waals surface area contributed by atoms with Gasteiger partial charge in [0.25, 0.3) is 0 Å². The van der Waals surface area contributed by atoms with Gasteiger partial charge in [-0.25, -0.2) is 4.98 Å². The van der Waals surface area contributed by atoms with Crippen molar-refractivity contribution in [3.63, 3.8) is 0 Å². The zero-order chi connectivity index (χ0) is 22.6. The zero-order valence-corrected chi connectivity index (χ0v) is 18.9. The van der Waals surface area contributed by atoms with E-state index in [1.165, 1.54) is 0 Å². The first-order valence-corrected chi connectivity index (χ1v) is 10.5. The first-order valence-electron chi connectivity index (χ1n) is 10.5. The van der Waals surface area contributed by atoms with Crippen molar-refractivity contribution in [1.29, 1.82) is 5.26 Å². The van der Waals surface area contributed by atoms with Crippen molar-refractivity contribution in [3.8, 4) is 34.4 Å². The summed E-state index contributed by atoms with van der Waals surface area (Å²) in [5, 5.41) is 14.2. The number of fused-ring (bicyclic) bond motifs is 1. The minimum Gasteiger partial charge on any atom is -0.313 e. The Morgan fingerprint density at radius 2 is 1.59 bits per heavy atom. The van der Waals surface area contributed by atoms with Gasteiger partial charge in [-0.15, -0.1) is 0 Å². The van der Waals surface area contributed by atoms with Crippen molar-refractivity contribution in [2.75, 3.05) is 0 Å². The van der Waals surface area contributed by atoms with Crippen LogP contribution in [0.15, 0.2) is 54.7 Å². The summed E-state index contributed by atoms with van der Waals surface area (Å²) in [4.78, 5) is 5.10. The lowest BCUT2D eigenvalue weighted by Gasteiger charge is -2.10. The molecule has 0 saturated heterocycles. The molecule has 0 fully saturated rings. The molecule has 0 atom stereocenters. The van der Waals surface area contributed by atoms with Gasteiger partial charge in [0.15, 0.2) is 0 Å². The molecule has 0 saturated carbocycles. The molecular formula is C26H24N6. The van der Waals surface area contributed by atoms with Crippen molar-refractivity contribution < 1.29 is 0 Å². The second kappa shape index (κ2) is 7.24. The van der Waals surface area contributed by atoms with Crippen LogP contribution in [0.3, 0.4) is 0 Å². The summed E-state index contributed by atoms with van der Waals surface area (Å²) in [5.41, 5.74) is 9.80. The Kier molecular flexibility index (Phi) is 4.49. The van der Waals surface area contributed by atoms with Crippen LogP contribution in [0.1, 0.15) is 22.5 Å². The average molecular weight is 421 g/mol. The minimum absolute atomic E-state index is 0.626. The van der Waals surface area contributed by atoms with Crippen LogP contribution < -0.4 is 0 Å². The summed E-state index contributed by atoms with van der Waals surface area (Å²) in [6.07, 6.45) is 1.87. The van der Waals surface area contributed by atoms with E-state index in [1.807, 2.05) is 42.2 Å². The molecule has 0 bridgehead atoms. The molecule has 5 aromatic rings. The zero-order valence-electron chi connectivity index (χ0n) is 18.9. The van der Waals surface area contributed by atoms with E-state index < -0.39 is 0 Å². The maximum Gasteiger partial charge on any atom is 0.215 e. The number of nitrogens with zero attached hydrogens (tertiary/aromatic N) is 6. The molecule has 0 spiro atoms. The lowest BCUT2D eigenvalue weighted by molar-refractivity contribution is 0.776. The molecular weight excluding hydrogens is 396 g/mol. The molecule has 0 N–H and O–H groups in total. The molecule has 0 unspecified atom stereocenters. The third-order valence-corrected chi connectivity index (χ3v) is 6.11. The summed E-state index contributed by atoms with van der Waals surface area (Å²) in [6, 6.07) is 18.5. The van der Waals surface area contributed by atoms with Crippen molar-refractivity contribution in [1.82, 2.24) is 23.9 Å². The molecule has 5 rings (SSSR count). The first kappa shape index (κ1) is 19.8. The number of aryl methyl sites for hydroxylation is 5. The van der Waals surface area contributed by atoms with E-state index in [4.69, 9.17) is 4.98 Å². The number of nitriles is 1. The Hall–Kier alpha value is -4.11. The third-order valence-electron chi connectivity index (χ3n) is 6.11. The summed E-state index contributed by atoms with van der Waals surface area (Å²) in [5.74, 6) is 0.884. The van der Waals surface area contributed by atoms with Gasteiger partial charge in [0.05, 0.1) is 34.6 Å². The van der Waals surface area contributed by atoms with Crippen molar-refractivity contribution in [2.45, 2.75) is 20.8 Å². The number of hydrogen-bond acceptors (Lipinski definition) is 3. The van der Waals surface area contributed by atoms with Gasteiger partial charge in [0, 0.05) is 42.2 Å². The molecule has 158 valence electrons. The Balaban J connectivity index is 1.83. The van der Waals surface area contributed by atoms with E-state index in [1.54, 1.807) is 0 Å². The molecule has 0 amide bonds. The van der Waals surface area contributed by atoms with Gasteiger partial charge in [-0.05, 0) is 56.7 Å². The quantitative estimate of drug-likeness (QED) is 0.401. The average Bonchev–Trinajstić information content (AvgIpc) is 3.43. The van der Waals surface area contributed by atoms with E-state index >= 15 is 0 Å². The Morgan fingerprint density at radius 3 is 2.31 bits per heavy atom. The SMILES string of the molecule is Cc1cc(-c2cnn(C)c2-c2ccccc2C#N)c2nc(-n3c(C)ccc3C)n(C)c2c1. The molecule has 32 heavy (non-hydrogen) atoms. The van der Waals surface area contributed by atoms with Crippen molar-refractivity contribution >= 4 is 11.0 Å². The fourth-order valence-electron chi connectivity index (χ4n) is 4.55. The number of aromatic nitrogens is 5. The van der Waals surface area contributed by atoms with Gasteiger partial charge in [-0.3, -0.25) is 9.25 Å². The van der Waals surface area contributed by atoms with E-state index in [0.717, 1.165) is 56.3 Å². The second-order valence-corrected chi connectivity index (χ2v) is 8.29. The fraction of sp³-hybridized carbons (Fsp3) is 0.192. The van der Waals surface area contributed by atoms with Crippen LogP contribution in [-0.2, 0) is 14.1 Å². The van der Waals surface area contributed by atoms with Crippen LogP contribution in [0.5, 0.6) is 0 Å². The predicted molar refractivity (Wildman–Crippen MR) is 127 cm³/mol. The maximum atomic E-state index is 9.68. The highest BCUT2D eigenvalue weighted by Gasteiger charge is 2.21. The number of imidazole rings is 1. The molecule has 3 aromatic heterocycles. The largest absolute Gasteiger partial charge is 0.313 e. The Labute approximate surface area is 187 Å². The smallest absolute Gasteiger partial charge is 0.215 e. The van der Waals surface area contributed by atoms with Gasteiger partial charge < -0.3 is 4.57 Å². The van der Waals surface area contributed by atoms with Gasteiger partial charge in [0.2, 0.25) is 5.95 Å². The first-order chi connectivity index (χ1) is 15.4. The normalized spacial score (nSPS) is 11.2. The second-order valence-electron chi connectivity index (χ2n) is 8.29. The van der Waals surface area contributed by atoms with Gasteiger partial charge in [0.1, 0.15) is 0 Å². The monoisotopic (exact) mass is 420 g/mol. The van der Waals surface area contributed by atoms with Crippen LogP contribution in [0.25, 0.3) is 39.4 Å². The summed E-state index contributed by atoms with van der Waals surface area (Å²) >= 11 is 0. The summed E-state index contributed by atoms with van der Waals surface area (Å²) in [7, 11) is 3.97. The van der Waals surface area contributed by atoms with Crippen LogP contribution in [0.2, 0.25) is 0 Å². The van der Waals surface area contributed by atoms with E-state index in [-0.39, 0.29) is 0 Å². The number of rotatable bonds is 3. The molecule has 0 aliphatic rings.